The minimum atomic E-state index is -0.751. The van der Waals surface area contributed by atoms with Crippen LogP contribution in [0.3, 0.4) is 0 Å². The van der Waals surface area contributed by atoms with E-state index < -0.39 is 17.7 Å². The maximum atomic E-state index is 13.3. The number of aliphatic hydroxyl groups excluding tert-OH is 1. The molecule has 1 saturated heterocycles. The van der Waals surface area contributed by atoms with E-state index in [0.717, 1.165) is 16.3 Å². The molecule has 0 aromatic heterocycles. The number of methoxy groups -OCH3 is 1. The molecule has 4 aromatic rings. The number of Topliss-reactive ketones (excluding diaryl/α,β-unsaturated/α-hetero) is 1. The molecule has 0 spiro atoms. The first-order valence-electron chi connectivity index (χ1n) is 12.6. The highest BCUT2D eigenvalue weighted by Crippen LogP contribution is 2.42. The second kappa shape index (κ2) is 10.8. The summed E-state index contributed by atoms with van der Waals surface area (Å²) in [7, 11) is 1.55. The maximum Gasteiger partial charge on any atom is 0.295 e. The number of ketones is 1. The lowest BCUT2D eigenvalue weighted by Gasteiger charge is -2.25. The number of nitrogens with zero attached hydrogens (tertiary/aromatic N) is 1. The molecule has 1 fully saturated rings. The van der Waals surface area contributed by atoms with Crippen LogP contribution in [0.1, 0.15) is 36.1 Å². The Morgan fingerprint density at radius 2 is 1.61 bits per heavy atom. The summed E-state index contributed by atoms with van der Waals surface area (Å²) in [6, 6.07) is 27.7. The van der Waals surface area contributed by atoms with E-state index in [1.165, 1.54) is 4.90 Å². The van der Waals surface area contributed by atoms with Crippen molar-refractivity contribution in [3.8, 4) is 11.5 Å². The van der Waals surface area contributed by atoms with Crippen LogP contribution in [-0.2, 0) is 16.2 Å². The van der Waals surface area contributed by atoms with E-state index in [-0.39, 0.29) is 11.3 Å². The van der Waals surface area contributed by atoms with E-state index in [9.17, 15) is 14.7 Å². The molecule has 6 heteroatoms. The van der Waals surface area contributed by atoms with Crippen LogP contribution in [0.2, 0.25) is 0 Å². The van der Waals surface area contributed by atoms with Gasteiger partial charge in [-0.2, -0.15) is 0 Å². The molecule has 1 atom stereocenters. The Morgan fingerprint density at radius 1 is 0.868 bits per heavy atom. The normalized spacial score (nSPS) is 16.7. The van der Waals surface area contributed by atoms with Gasteiger partial charge in [-0.15, -0.1) is 0 Å². The molecule has 6 nitrogen and oxygen atoms in total. The largest absolute Gasteiger partial charge is 0.507 e. The molecule has 0 bridgehead atoms. The molecule has 1 aliphatic heterocycles. The van der Waals surface area contributed by atoms with Crippen LogP contribution >= 0.6 is 0 Å². The first-order valence-corrected chi connectivity index (χ1v) is 12.6. The first-order chi connectivity index (χ1) is 18.5. The summed E-state index contributed by atoms with van der Waals surface area (Å²) in [4.78, 5) is 27.9. The Kier molecular flexibility index (Phi) is 7.13. The van der Waals surface area contributed by atoms with E-state index in [0.29, 0.717) is 42.2 Å². The summed E-state index contributed by atoms with van der Waals surface area (Å²) >= 11 is 0. The zero-order valence-corrected chi connectivity index (χ0v) is 21.4. The van der Waals surface area contributed by atoms with Crippen molar-refractivity contribution in [1.29, 1.82) is 0 Å². The number of carbonyl (C=O) groups excluding carboxylic acids is 2. The van der Waals surface area contributed by atoms with Gasteiger partial charge in [-0.05, 0) is 46.5 Å². The van der Waals surface area contributed by atoms with E-state index in [1.807, 2.05) is 79.7 Å². The van der Waals surface area contributed by atoms with Crippen molar-refractivity contribution in [3.05, 3.63) is 113 Å². The Morgan fingerprint density at radius 3 is 2.34 bits per heavy atom. The Labute approximate surface area is 221 Å². The highest BCUT2D eigenvalue weighted by Gasteiger charge is 2.45. The third-order valence-electron chi connectivity index (χ3n) is 6.77. The summed E-state index contributed by atoms with van der Waals surface area (Å²) in [5.74, 6) is -0.491. The fraction of sp³-hybridized carbons (Fsp3) is 0.188. The number of rotatable bonds is 8. The van der Waals surface area contributed by atoms with Crippen LogP contribution in [0.5, 0.6) is 11.5 Å². The van der Waals surface area contributed by atoms with Crippen molar-refractivity contribution in [2.24, 2.45) is 0 Å². The van der Waals surface area contributed by atoms with Gasteiger partial charge in [-0.1, -0.05) is 79.7 Å². The maximum absolute atomic E-state index is 13.3. The number of aliphatic hydroxyl groups is 1. The van der Waals surface area contributed by atoms with Gasteiger partial charge in [-0.3, -0.25) is 9.59 Å². The van der Waals surface area contributed by atoms with Crippen LogP contribution in [0.15, 0.2) is 96.6 Å². The molecular formula is C32H29NO5. The lowest BCUT2D eigenvalue weighted by molar-refractivity contribution is -0.139. The number of amides is 1. The molecule has 192 valence electrons. The average Bonchev–Trinajstić information content (AvgIpc) is 3.21. The number of hydrogen-bond donors (Lipinski definition) is 1. The second-order valence-corrected chi connectivity index (χ2v) is 9.24. The predicted octanol–water partition coefficient (Wildman–Crippen LogP) is 6.26. The van der Waals surface area contributed by atoms with Crippen LogP contribution in [0, 0.1) is 0 Å². The number of carbonyl (C=O) groups is 2. The number of hydrogen-bond acceptors (Lipinski definition) is 5. The Hall–Kier alpha value is -4.58. The molecule has 1 aliphatic rings. The SMILES string of the molecule is CCCN1C(=O)C(=O)/C(=C(/O)c2ccc3ccccc3c2)C1c1ccc(OCc2ccccc2)c(OC)c1. The van der Waals surface area contributed by atoms with Gasteiger partial charge in [0.05, 0.1) is 18.7 Å². The van der Waals surface area contributed by atoms with Gasteiger partial charge in [-0.25, -0.2) is 0 Å². The third kappa shape index (κ3) is 4.73. The summed E-state index contributed by atoms with van der Waals surface area (Å²) in [6.07, 6.45) is 0.662. The first kappa shape index (κ1) is 25.1. The van der Waals surface area contributed by atoms with Gasteiger partial charge >= 0.3 is 0 Å². The fourth-order valence-electron chi connectivity index (χ4n) is 4.90. The van der Waals surface area contributed by atoms with Crippen molar-refractivity contribution < 1.29 is 24.2 Å². The molecule has 5 rings (SSSR count). The topological polar surface area (TPSA) is 76.1 Å². The zero-order chi connectivity index (χ0) is 26.6. The van der Waals surface area contributed by atoms with Crippen molar-refractivity contribution in [3.63, 3.8) is 0 Å². The number of benzene rings is 4. The van der Waals surface area contributed by atoms with Gasteiger partial charge in [0.2, 0.25) is 0 Å². The summed E-state index contributed by atoms with van der Waals surface area (Å²) in [5, 5.41) is 13.3. The highest BCUT2D eigenvalue weighted by molar-refractivity contribution is 6.46. The van der Waals surface area contributed by atoms with Gasteiger partial charge in [0, 0.05) is 12.1 Å². The van der Waals surface area contributed by atoms with Crippen molar-refractivity contribution in [2.75, 3.05) is 13.7 Å². The van der Waals surface area contributed by atoms with Gasteiger partial charge in [0.25, 0.3) is 11.7 Å². The number of fused-ring (bicyclic) bond motifs is 1. The standard InChI is InChI=1S/C32H29NO5/c1-3-17-33-29(24-15-16-26(27(19-24)37-2)38-20-21-9-5-4-6-10-21)28(31(35)32(33)36)30(34)25-14-13-22-11-7-8-12-23(22)18-25/h4-16,18-19,29,34H,3,17,20H2,1-2H3/b30-28+. The van der Waals surface area contributed by atoms with Gasteiger partial charge in [0.15, 0.2) is 11.5 Å². The quantitative estimate of drug-likeness (QED) is 0.173. The molecule has 1 amide bonds. The minimum absolute atomic E-state index is 0.0683. The van der Waals surface area contributed by atoms with Crippen LogP contribution in [0.4, 0.5) is 0 Å². The van der Waals surface area contributed by atoms with Crippen molar-refractivity contribution >= 4 is 28.2 Å². The van der Waals surface area contributed by atoms with Gasteiger partial charge < -0.3 is 19.5 Å². The fourth-order valence-corrected chi connectivity index (χ4v) is 4.90. The van der Waals surface area contributed by atoms with Crippen molar-refractivity contribution in [1.82, 2.24) is 4.90 Å². The van der Waals surface area contributed by atoms with E-state index in [4.69, 9.17) is 9.47 Å². The zero-order valence-electron chi connectivity index (χ0n) is 21.4. The molecule has 38 heavy (non-hydrogen) atoms. The smallest absolute Gasteiger partial charge is 0.295 e. The Bertz CT molecular complexity index is 1530. The third-order valence-corrected chi connectivity index (χ3v) is 6.77. The Balaban J connectivity index is 1.56. The van der Waals surface area contributed by atoms with E-state index >= 15 is 0 Å². The summed E-state index contributed by atoms with van der Waals surface area (Å²) in [6.45, 7) is 2.69. The van der Waals surface area contributed by atoms with Crippen molar-refractivity contribution in [2.45, 2.75) is 26.0 Å². The molecular weight excluding hydrogens is 478 g/mol. The lowest BCUT2D eigenvalue weighted by Crippen LogP contribution is -2.30. The summed E-state index contributed by atoms with van der Waals surface area (Å²) < 4.78 is 11.6. The minimum Gasteiger partial charge on any atom is -0.507 e. The summed E-state index contributed by atoms with van der Waals surface area (Å²) in [5.41, 5.74) is 2.23. The van der Waals surface area contributed by atoms with Crippen LogP contribution in [0.25, 0.3) is 16.5 Å². The molecule has 1 heterocycles. The molecule has 1 unspecified atom stereocenters. The van der Waals surface area contributed by atoms with Gasteiger partial charge in [0.1, 0.15) is 12.4 Å². The predicted molar refractivity (Wildman–Crippen MR) is 147 cm³/mol. The number of likely N-dealkylation sites (tertiary alicyclic amines) is 1. The molecule has 4 aromatic carbocycles. The van der Waals surface area contributed by atoms with Crippen LogP contribution in [-0.4, -0.2) is 35.4 Å². The molecule has 0 radical (unpaired) electrons. The monoisotopic (exact) mass is 507 g/mol. The number of ether oxygens (including phenoxy) is 2. The van der Waals surface area contributed by atoms with Crippen LogP contribution < -0.4 is 9.47 Å². The highest BCUT2D eigenvalue weighted by atomic mass is 16.5. The van der Waals surface area contributed by atoms with E-state index in [1.54, 1.807) is 25.3 Å². The molecule has 0 aliphatic carbocycles. The van der Waals surface area contributed by atoms with E-state index in [2.05, 4.69) is 0 Å². The average molecular weight is 508 g/mol. The molecule has 0 saturated carbocycles. The lowest BCUT2D eigenvalue weighted by atomic mass is 9.94. The second-order valence-electron chi connectivity index (χ2n) is 9.24. The molecule has 1 N–H and O–H groups in total.